The molecule has 4 N–H and O–H groups in total. The van der Waals surface area contributed by atoms with Crippen molar-refractivity contribution in [2.75, 3.05) is 0 Å². The fourth-order valence-corrected chi connectivity index (χ4v) is 3.33. The Morgan fingerprint density at radius 1 is 1.08 bits per heavy atom. The van der Waals surface area contributed by atoms with Crippen molar-refractivity contribution in [1.82, 2.24) is 10.6 Å². The van der Waals surface area contributed by atoms with Gasteiger partial charge >= 0.3 is 11.9 Å². The van der Waals surface area contributed by atoms with Crippen LogP contribution in [0.3, 0.4) is 0 Å². The van der Waals surface area contributed by atoms with Crippen LogP contribution in [0.2, 0.25) is 0 Å². The lowest BCUT2D eigenvalue weighted by Crippen LogP contribution is -2.61. The summed E-state index contributed by atoms with van der Waals surface area (Å²) in [4.78, 5) is 18.2. The van der Waals surface area contributed by atoms with Crippen LogP contribution >= 0.6 is 0 Å². The van der Waals surface area contributed by atoms with E-state index in [1.54, 1.807) is 0 Å². The van der Waals surface area contributed by atoms with Gasteiger partial charge < -0.3 is 20.8 Å². The van der Waals surface area contributed by atoms with Crippen molar-refractivity contribution in [3.8, 4) is 0 Å². The SMILES string of the molecule is CC1(C)CC(NCc2ccc(F)cc2)CC(C)(C)N1.O=C(O)C(=O)O. The van der Waals surface area contributed by atoms with Gasteiger partial charge in [-0.25, -0.2) is 14.0 Å². The molecule has 1 aromatic carbocycles. The van der Waals surface area contributed by atoms with E-state index in [-0.39, 0.29) is 16.9 Å². The van der Waals surface area contributed by atoms with Gasteiger partial charge in [-0.3, -0.25) is 0 Å². The molecular formula is C18H27FN2O4. The molecule has 0 bridgehead atoms. The highest BCUT2D eigenvalue weighted by atomic mass is 19.1. The van der Waals surface area contributed by atoms with Gasteiger partial charge in [0, 0.05) is 23.7 Å². The van der Waals surface area contributed by atoms with E-state index in [0.29, 0.717) is 6.04 Å². The highest BCUT2D eigenvalue weighted by molar-refractivity contribution is 6.27. The third kappa shape index (κ3) is 8.09. The molecule has 1 aromatic rings. The van der Waals surface area contributed by atoms with Gasteiger partial charge in [-0.1, -0.05) is 12.1 Å². The standard InChI is InChI=1S/C16H25FN2.C2H2O4/c1-15(2)9-14(10-16(3,4)19-15)18-11-12-5-7-13(17)8-6-12;3-1(4)2(5)6/h5-8,14,18-19H,9-11H2,1-4H3;(H,3,4)(H,5,6). The minimum absolute atomic E-state index is 0.155. The summed E-state index contributed by atoms with van der Waals surface area (Å²) in [6.07, 6.45) is 2.22. The molecule has 7 heteroatoms. The molecule has 1 aliphatic heterocycles. The van der Waals surface area contributed by atoms with Crippen LogP contribution in [-0.4, -0.2) is 39.3 Å². The second-order valence-corrected chi connectivity index (χ2v) is 7.62. The van der Waals surface area contributed by atoms with Crippen molar-refractivity contribution in [2.45, 2.75) is 64.2 Å². The van der Waals surface area contributed by atoms with E-state index in [1.807, 2.05) is 12.1 Å². The molecule has 1 heterocycles. The van der Waals surface area contributed by atoms with Gasteiger partial charge in [-0.05, 0) is 58.2 Å². The Labute approximate surface area is 147 Å². The largest absolute Gasteiger partial charge is 0.473 e. The normalized spacial score (nSPS) is 18.8. The molecule has 140 valence electrons. The molecule has 0 unspecified atom stereocenters. The first-order chi connectivity index (χ1) is 11.4. The lowest BCUT2D eigenvalue weighted by Gasteiger charge is -2.46. The zero-order valence-electron chi connectivity index (χ0n) is 15.1. The highest BCUT2D eigenvalue weighted by Crippen LogP contribution is 2.28. The molecule has 0 amide bonds. The average Bonchev–Trinajstić information content (AvgIpc) is 2.44. The molecule has 1 fully saturated rings. The number of hydrogen-bond acceptors (Lipinski definition) is 4. The van der Waals surface area contributed by atoms with Crippen molar-refractivity contribution in [1.29, 1.82) is 0 Å². The van der Waals surface area contributed by atoms with Gasteiger partial charge in [0.1, 0.15) is 5.82 Å². The van der Waals surface area contributed by atoms with Gasteiger partial charge in [0.25, 0.3) is 0 Å². The van der Waals surface area contributed by atoms with Crippen molar-refractivity contribution in [2.24, 2.45) is 0 Å². The molecule has 1 aliphatic rings. The Hall–Kier alpha value is -1.99. The zero-order valence-corrected chi connectivity index (χ0v) is 15.1. The van der Waals surface area contributed by atoms with Crippen LogP contribution in [0, 0.1) is 5.82 Å². The summed E-state index contributed by atoms with van der Waals surface area (Å²) in [5, 5.41) is 22.1. The predicted molar refractivity (Wildman–Crippen MR) is 92.8 cm³/mol. The van der Waals surface area contributed by atoms with Crippen molar-refractivity contribution in [3.63, 3.8) is 0 Å². The molecule has 0 aliphatic carbocycles. The predicted octanol–water partition coefficient (Wildman–Crippen LogP) is 2.38. The topological polar surface area (TPSA) is 98.7 Å². The Balaban J connectivity index is 0.000000450. The second kappa shape index (κ2) is 8.40. The number of aliphatic carboxylic acids is 2. The number of nitrogens with one attached hydrogen (secondary N) is 2. The molecule has 0 saturated carbocycles. The van der Waals surface area contributed by atoms with Crippen LogP contribution in [0.5, 0.6) is 0 Å². The van der Waals surface area contributed by atoms with E-state index in [1.165, 1.54) is 12.1 Å². The lowest BCUT2D eigenvalue weighted by molar-refractivity contribution is -0.159. The Kier molecular flexibility index (Phi) is 7.07. The van der Waals surface area contributed by atoms with Crippen molar-refractivity contribution >= 4 is 11.9 Å². The molecule has 2 rings (SSSR count). The number of benzene rings is 1. The average molecular weight is 354 g/mol. The quantitative estimate of drug-likeness (QED) is 0.622. The summed E-state index contributed by atoms with van der Waals surface area (Å²) in [7, 11) is 0. The third-order valence-corrected chi connectivity index (χ3v) is 3.88. The monoisotopic (exact) mass is 354 g/mol. The molecule has 1 saturated heterocycles. The van der Waals surface area contributed by atoms with Crippen molar-refractivity contribution < 1.29 is 24.2 Å². The zero-order chi connectivity index (χ0) is 19.3. The molecule has 0 spiro atoms. The van der Waals surface area contributed by atoms with E-state index < -0.39 is 11.9 Å². The number of carbonyl (C=O) groups is 2. The summed E-state index contributed by atoms with van der Waals surface area (Å²) >= 11 is 0. The molecule has 25 heavy (non-hydrogen) atoms. The first kappa shape index (κ1) is 21.1. The number of piperidine rings is 1. The number of halogens is 1. The van der Waals surface area contributed by atoms with E-state index in [9.17, 15) is 4.39 Å². The summed E-state index contributed by atoms with van der Waals surface area (Å²) in [6, 6.07) is 7.23. The van der Waals surface area contributed by atoms with E-state index >= 15 is 0 Å². The van der Waals surface area contributed by atoms with E-state index in [4.69, 9.17) is 19.8 Å². The minimum atomic E-state index is -1.82. The van der Waals surface area contributed by atoms with Gasteiger partial charge in [0.2, 0.25) is 0 Å². The second-order valence-electron chi connectivity index (χ2n) is 7.62. The molecular weight excluding hydrogens is 327 g/mol. The minimum Gasteiger partial charge on any atom is -0.473 e. The summed E-state index contributed by atoms with van der Waals surface area (Å²) in [5.41, 5.74) is 1.44. The van der Waals surface area contributed by atoms with Gasteiger partial charge in [0.05, 0.1) is 0 Å². The summed E-state index contributed by atoms with van der Waals surface area (Å²) in [6.45, 7) is 9.80. The fraction of sp³-hybridized carbons (Fsp3) is 0.556. The molecule has 0 aromatic heterocycles. The third-order valence-electron chi connectivity index (χ3n) is 3.88. The van der Waals surface area contributed by atoms with Gasteiger partial charge in [-0.2, -0.15) is 0 Å². The first-order valence-electron chi connectivity index (χ1n) is 8.14. The van der Waals surface area contributed by atoms with Crippen LogP contribution in [0.25, 0.3) is 0 Å². The maximum atomic E-state index is 12.9. The van der Waals surface area contributed by atoms with Gasteiger partial charge in [-0.15, -0.1) is 0 Å². The number of hydrogen-bond donors (Lipinski definition) is 4. The number of rotatable bonds is 3. The Bertz CT molecular complexity index is 572. The highest BCUT2D eigenvalue weighted by Gasteiger charge is 2.37. The summed E-state index contributed by atoms with van der Waals surface area (Å²) in [5.74, 6) is -3.82. The molecule has 0 atom stereocenters. The lowest BCUT2D eigenvalue weighted by atomic mass is 9.79. The van der Waals surface area contributed by atoms with E-state index in [2.05, 4.69) is 38.3 Å². The van der Waals surface area contributed by atoms with Gasteiger partial charge in [0.15, 0.2) is 0 Å². The van der Waals surface area contributed by atoms with Crippen LogP contribution in [0.1, 0.15) is 46.1 Å². The van der Waals surface area contributed by atoms with Crippen LogP contribution in [0.4, 0.5) is 4.39 Å². The number of carboxylic acids is 2. The fourth-order valence-electron chi connectivity index (χ4n) is 3.33. The first-order valence-corrected chi connectivity index (χ1v) is 8.14. The van der Waals surface area contributed by atoms with Crippen LogP contribution in [0.15, 0.2) is 24.3 Å². The maximum Gasteiger partial charge on any atom is 0.414 e. The maximum absolute atomic E-state index is 12.9. The smallest absolute Gasteiger partial charge is 0.414 e. The van der Waals surface area contributed by atoms with Crippen LogP contribution in [-0.2, 0) is 16.1 Å². The Morgan fingerprint density at radius 3 is 1.92 bits per heavy atom. The molecule has 6 nitrogen and oxygen atoms in total. The van der Waals surface area contributed by atoms with E-state index in [0.717, 1.165) is 24.9 Å². The van der Waals surface area contributed by atoms with Crippen molar-refractivity contribution in [3.05, 3.63) is 35.6 Å². The molecule has 0 radical (unpaired) electrons. The summed E-state index contributed by atoms with van der Waals surface area (Å²) < 4.78 is 12.9. The van der Waals surface area contributed by atoms with Crippen LogP contribution < -0.4 is 10.6 Å². The number of carboxylic acid groups (broad SMARTS) is 2. The Morgan fingerprint density at radius 2 is 1.52 bits per heavy atom.